The zero-order valence-corrected chi connectivity index (χ0v) is 11.9. The van der Waals surface area contributed by atoms with E-state index in [2.05, 4.69) is 22.6 Å². The smallest absolute Gasteiger partial charge is 0.255 e. The molecule has 1 aromatic heterocycles. The SMILES string of the molecule is NC(=O)C1COCCN1C(=O)c1csc(I)c1. The van der Waals surface area contributed by atoms with Gasteiger partial charge in [-0.3, -0.25) is 9.59 Å². The lowest BCUT2D eigenvalue weighted by atomic mass is 10.2. The summed E-state index contributed by atoms with van der Waals surface area (Å²) in [6, 6.07) is 1.15. The maximum absolute atomic E-state index is 12.2. The normalized spacial score (nSPS) is 20.3. The van der Waals surface area contributed by atoms with Crippen molar-refractivity contribution in [2.45, 2.75) is 6.04 Å². The van der Waals surface area contributed by atoms with E-state index in [0.717, 1.165) is 2.88 Å². The van der Waals surface area contributed by atoms with Crippen LogP contribution in [0.25, 0.3) is 0 Å². The second kappa shape index (κ2) is 5.32. The summed E-state index contributed by atoms with van der Waals surface area (Å²) in [4.78, 5) is 24.9. The van der Waals surface area contributed by atoms with Crippen molar-refractivity contribution >= 4 is 45.7 Å². The van der Waals surface area contributed by atoms with Gasteiger partial charge in [-0.15, -0.1) is 11.3 Å². The maximum Gasteiger partial charge on any atom is 0.255 e. The summed E-state index contributed by atoms with van der Waals surface area (Å²) < 4.78 is 6.21. The third kappa shape index (κ3) is 2.78. The Hall–Kier alpha value is -0.670. The minimum atomic E-state index is -0.659. The fraction of sp³-hybridized carbons (Fsp3) is 0.400. The van der Waals surface area contributed by atoms with Gasteiger partial charge in [0.2, 0.25) is 5.91 Å². The number of morpholine rings is 1. The molecular formula is C10H11IN2O3S. The van der Waals surface area contributed by atoms with Crippen molar-refractivity contribution in [1.29, 1.82) is 0 Å². The van der Waals surface area contributed by atoms with Crippen molar-refractivity contribution in [2.75, 3.05) is 19.8 Å². The summed E-state index contributed by atoms with van der Waals surface area (Å²) >= 11 is 3.65. The second-order valence-corrected chi connectivity index (χ2v) is 6.44. The highest BCUT2D eigenvalue weighted by atomic mass is 127. The molecular weight excluding hydrogens is 355 g/mol. The topological polar surface area (TPSA) is 72.6 Å². The van der Waals surface area contributed by atoms with Crippen molar-refractivity contribution in [3.63, 3.8) is 0 Å². The van der Waals surface area contributed by atoms with Crippen molar-refractivity contribution in [1.82, 2.24) is 4.90 Å². The predicted molar refractivity (Wildman–Crippen MR) is 71.9 cm³/mol. The summed E-state index contributed by atoms with van der Waals surface area (Å²) in [5, 5.41) is 1.79. The van der Waals surface area contributed by atoms with Crippen LogP contribution in [0.2, 0.25) is 0 Å². The average molecular weight is 366 g/mol. The van der Waals surface area contributed by atoms with Crippen molar-refractivity contribution in [2.24, 2.45) is 5.73 Å². The molecule has 1 aliphatic heterocycles. The van der Waals surface area contributed by atoms with Crippen LogP contribution < -0.4 is 5.73 Å². The molecule has 7 heteroatoms. The molecule has 0 bridgehead atoms. The lowest BCUT2D eigenvalue weighted by Gasteiger charge is -2.33. The lowest BCUT2D eigenvalue weighted by Crippen LogP contribution is -2.54. The molecule has 2 N–H and O–H groups in total. The highest BCUT2D eigenvalue weighted by Gasteiger charge is 2.32. The Morgan fingerprint density at radius 2 is 2.35 bits per heavy atom. The number of hydrogen-bond donors (Lipinski definition) is 1. The second-order valence-electron chi connectivity index (χ2n) is 3.63. The molecule has 1 aliphatic rings. The van der Waals surface area contributed by atoms with Gasteiger partial charge in [0.1, 0.15) is 6.04 Å². The van der Waals surface area contributed by atoms with Crippen LogP contribution in [0.5, 0.6) is 0 Å². The molecule has 17 heavy (non-hydrogen) atoms. The van der Waals surface area contributed by atoms with E-state index in [1.165, 1.54) is 16.2 Å². The van der Waals surface area contributed by atoms with Gasteiger partial charge in [0.25, 0.3) is 5.91 Å². The monoisotopic (exact) mass is 366 g/mol. The molecule has 2 rings (SSSR count). The number of halogens is 1. The zero-order chi connectivity index (χ0) is 12.4. The van der Waals surface area contributed by atoms with Crippen molar-refractivity contribution in [3.8, 4) is 0 Å². The molecule has 0 spiro atoms. The summed E-state index contributed by atoms with van der Waals surface area (Å²) in [6.07, 6.45) is 0. The highest BCUT2D eigenvalue weighted by molar-refractivity contribution is 14.1. The number of nitrogens with zero attached hydrogens (tertiary/aromatic N) is 1. The molecule has 0 aliphatic carbocycles. The number of carbonyl (C=O) groups excluding carboxylic acids is 2. The minimum absolute atomic E-state index is 0.156. The van der Waals surface area contributed by atoms with Crippen molar-refractivity contribution in [3.05, 3.63) is 19.9 Å². The summed E-state index contributed by atoms with van der Waals surface area (Å²) in [5.41, 5.74) is 5.87. The molecule has 1 unspecified atom stereocenters. The molecule has 92 valence electrons. The Balaban J connectivity index is 2.19. The van der Waals surface area contributed by atoms with Crippen LogP contribution in [0, 0.1) is 2.88 Å². The number of carbonyl (C=O) groups is 2. The zero-order valence-electron chi connectivity index (χ0n) is 8.89. The molecule has 1 atom stereocenters. The standard InChI is InChI=1S/C10H11IN2O3S/c11-8-3-6(5-17-8)10(15)13-1-2-16-4-7(13)9(12)14/h3,5,7H,1-2,4H2,(H2,12,14). The van der Waals surface area contributed by atoms with E-state index >= 15 is 0 Å². The Labute approximate surface area is 116 Å². The van der Waals surface area contributed by atoms with E-state index in [-0.39, 0.29) is 12.5 Å². The van der Waals surface area contributed by atoms with Gasteiger partial charge in [-0.2, -0.15) is 0 Å². The third-order valence-electron chi connectivity index (χ3n) is 2.53. The summed E-state index contributed by atoms with van der Waals surface area (Å²) in [7, 11) is 0. The van der Waals surface area contributed by atoms with Crippen LogP contribution in [0.3, 0.4) is 0 Å². The highest BCUT2D eigenvalue weighted by Crippen LogP contribution is 2.20. The quantitative estimate of drug-likeness (QED) is 0.783. The fourth-order valence-corrected chi connectivity index (χ4v) is 2.99. The lowest BCUT2D eigenvalue weighted by molar-refractivity contribution is -0.127. The molecule has 1 saturated heterocycles. The molecule has 1 fully saturated rings. The van der Waals surface area contributed by atoms with Crippen LogP contribution in [0.15, 0.2) is 11.4 Å². The summed E-state index contributed by atoms with van der Waals surface area (Å²) in [6.45, 7) is 1.03. The third-order valence-corrected chi connectivity index (χ3v) is 4.32. The van der Waals surface area contributed by atoms with Gasteiger partial charge >= 0.3 is 0 Å². The van der Waals surface area contributed by atoms with Gasteiger partial charge in [0, 0.05) is 11.9 Å². The van der Waals surface area contributed by atoms with Crippen LogP contribution in [-0.4, -0.2) is 42.5 Å². The van der Waals surface area contributed by atoms with Gasteiger partial charge in [-0.1, -0.05) is 0 Å². The molecule has 1 aromatic rings. The predicted octanol–water partition coefficient (Wildman–Crippen LogP) is 0.679. The molecule has 0 saturated carbocycles. The maximum atomic E-state index is 12.2. The minimum Gasteiger partial charge on any atom is -0.377 e. The van der Waals surface area contributed by atoms with Gasteiger partial charge in [0.05, 0.1) is 21.7 Å². The number of rotatable bonds is 2. The Kier molecular flexibility index (Phi) is 4.00. The Morgan fingerprint density at radius 1 is 1.59 bits per heavy atom. The molecule has 2 heterocycles. The number of ether oxygens (including phenoxy) is 1. The number of primary amides is 1. The average Bonchev–Trinajstić information content (AvgIpc) is 2.75. The van der Waals surface area contributed by atoms with E-state index in [4.69, 9.17) is 10.5 Å². The van der Waals surface area contributed by atoms with E-state index in [1.807, 2.05) is 0 Å². The van der Waals surface area contributed by atoms with E-state index in [0.29, 0.717) is 18.7 Å². The van der Waals surface area contributed by atoms with Gasteiger partial charge in [-0.25, -0.2) is 0 Å². The molecule has 2 amide bonds. The van der Waals surface area contributed by atoms with Crippen LogP contribution in [0.4, 0.5) is 0 Å². The first kappa shape index (κ1) is 12.8. The molecule has 0 radical (unpaired) electrons. The van der Waals surface area contributed by atoms with E-state index < -0.39 is 11.9 Å². The number of amides is 2. The van der Waals surface area contributed by atoms with Gasteiger partial charge in [-0.05, 0) is 28.7 Å². The van der Waals surface area contributed by atoms with Gasteiger partial charge < -0.3 is 15.4 Å². The van der Waals surface area contributed by atoms with E-state index in [9.17, 15) is 9.59 Å². The first-order valence-corrected chi connectivity index (χ1v) is 6.97. The van der Waals surface area contributed by atoms with E-state index in [1.54, 1.807) is 11.4 Å². The Bertz CT molecular complexity index is 449. The largest absolute Gasteiger partial charge is 0.377 e. The number of nitrogens with two attached hydrogens (primary N) is 1. The van der Waals surface area contributed by atoms with Crippen molar-refractivity contribution < 1.29 is 14.3 Å². The first-order valence-electron chi connectivity index (χ1n) is 5.01. The van der Waals surface area contributed by atoms with Crippen LogP contribution >= 0.6 is 33.9 Å². The fourth-order valence-electron chi connectivity index (χ4n) is 1.67. The number of thiophene rings is 1. The molecule has 5 nitrogen and oxygen atoms in total. The van der Waals surface area contributed by atoms with Gasteiger partial charge in [0.15, 0.2) is 0 Å². The first-order chi connectivity index (χ1) is 8.09. The number of hydrogen-bond acceptors (Lipinski definition) is 4. The van der Waals surface area contributed by atoms with Crippen LogP contribution in [-0.2, 0) is 9.53 Å². The Morgan fingerprint density at radius 3 is 2.94 bits per heavy atom. The van der Waals surface area contributed by atoms with Crippen LogP contribution in [0.1, 0.15) is 10.4 Å². The summed E-state index contributed by atoms with van der Waals surface area (Å²) in [5.74, 6) is -0.681. The molecule has 0 aromatic carbocycles.